The van der Waals surface area contributed by atoms with Gasteiger partial charge >= 0.3 is 0 Å². The maximum Gasteiger partial charge on any atom is 0.267 e. The normalized spacial score (nSPS) is 14.2. The molecule has 180 valence electrons. The van der Waals surface area contributed by atoms with Gasteiger partial charge in [-0.05, 0) is 49.1 Å². The Kier molecular flexibility index (Phi) is 5.60. The van der Waals surface area contributed by atoms with Crippen LogP contribution in [0.25, 0.3) is 22.4 Å². The summed E-state index contributed by atoms with van der Waals surface area (Å²) in [5.41, 5.74) is 3.63. The highest BCUT2D eigenvalue weighted by atomic mass is 32.2. The molecule has 6 rings (SSSR count). The van der Waals surface area contributed by atoms with E-state index in [1.807, 2.05) is 78.1 Å². The summed E-state index contributed by atoms with van der Waals surface area (Å²) in [6.07, 6.45) is 2.17. The van der Waals surface area contributed by atoms with Crippen LogP contribution in [0.3, 0.4) is 0 Å². The Bertz CT molecular complexity index is 1650. The standard InChI is InChI=1S/C28H25N5O2S/c1-19-9-5-7-13-22(19)32-25(35)21-12-6-8-14-23(21)33-26(32)30-31-27(33)36-17-24(34)29-18-28(15-16-28)20-10-3-2-4-11-20/h2-14H,15-18H2,1H3,(H,29,34). The fourth-order valence-corrected chi connectivity index (χ4v) is 5.53. The van der Waals surface area contributed by atoms with Crippen LogP contribution in [0.5, 0.6) is 0 Å². The van der Waals surface area contributed by atoms with E-state index in [9.17, 15) is 9.59 Å². The van der Waals surface area contributed by atoms with Gasteiger partial charge < -0.3 is 5.32 Å². The highest BCUT2D eigenvalue weighted by Gasteiger charge is 2.44. The Morgan fingerprint density at radius 3 is 2.47 bits per heavy atom. The minimum absolute atomic E-state index is 0.0458. The van der Waals surface area contributed by atoms with Crippen molar-refractivity contribution in [1.29, 1.82) is 0 Å². The molecule has 2 heterocycles. The average molecular weight is 496 g/mol. The number of carbonyl (C=O) groups excluding carboxylic acids is 1. The van der Waals surface area contributed by atoms with Crippen molar-refractivity contribution in [2.75, 3.05) is 12.3 Å². The van der Waals surface area contributed by atoms with Gasteiger partial charge in [0.25, 0.3) is 5.56 Å². The zero-order valence-electron chi connectivity index (χ0n) is 19.8. The summed E-state index contributed by atoms with van der Waals surface area (Å²) < 4.78 is 3.47. The van der Waals surface area contributed by atoms with Crippen LogP contribution in [0.2, 0.25) is 0 Å². The zero-order chi connectivity index (χ0) is 24.7. The number of aryl methyl sites for hydroxylation is 1. The van der Waals surface area contributed by atoms with Crippen LogP contribution in [-0.4, -0.2) is 37.4 Å². The van der Waals surface area contributed by atoms with Gasteiger partial charge in [-0.25, -0.2) is 4.57 Å². The molecule has 0 atom stereocenters. The number of fused-ring (bicyclic) bond motifs is 3. The van der Waals surface area contributed by atoms with Gasteiger partial charge in [-0.1, -0.05) is 72.4 Å². The molecule has 0 bridgehead atoms. The molecule has 0 radical (unpaired) electrons. The third kappa shape index (κ3) is 3.87. The second kappa shape index (κ2) is 8.95. The molecule has 3 aromatic carbocycles. The number of nitrogens with zero attached hydrogens (tertiary/aromatic N) is 4. The molecule has 0 aliphatic heterocycles. The Morgan fingerprint density at radius 2 is 1.69 bits per heavy atom. The Labute approximate surface area is 212 Å². The van der Waals surface area contributed by atoms with Gasteiger partial charge in [0.05, 0.1) is 22.3 Å². The van der Waals surface area contributed by atoms with E-state index in [1.165, 1.54) is 17.3 Å². The van der Waals surface area contributed by atoms with Crippen molar-refractivity contribution in [3.63, 3.8) is 0 Å². The number of rotatable bonds is 7. The number of hydrogen-bond acceptors (Lipinski definition) is 5. The first-order valence-electron chi connectivity index (χ1n) is 12.0. The summed E-state index contributed by atoms with van der Waals surface area (Å²) in [6, 6.07) is 25.5. The minimum Gasteiger partial charge on any atom is -0.354 e. The second-order valence-electron chi connectivity index (χ2n) is 9.27. The molecule has 7 nitrogen and oxygen atoms in total. The second-order valence-corrected chi connectivity index (χ2v) is 10.2. The fraction of sp³-hybridized carbons (Fsp3) is 0.214. The van der Waals surface area contributed by atoms with Crippen molar-refractivity contribution in [2.24, 2.45) is 0 Å². The zero-order valence-corrected chi connectivity index (χ0v) is 20.7. The molecule has 1 aliphatic carbocycles. The molecular formula is C28H25N5O2S. The third-order valence-corrected chi connectivity index (χ3v) is 7.88. The number of amides is 1. The van der Waals surface area contributed by atoms with Crippen LogP contribution in [0, 0.1) is 6.92 Å². The number of hydrogen-bond donors (Lipinski definition) is 1. The maximum atomic E-state index is 13.5. The van der Waals surface area contributed by atoms with E-state index in [2.05, 4.69) is 27.6 Å². The van der Waals surface area contributed by atoms with Crippen molar-refractivity contribution in [1.82, 2.24) is 24.5 Å². The van der Waals surface area contributed by atoms with Crippen molar-refractivity contribution in [3.8, 4) is 5.69 Å². The number of aromatic nitrogens is 4. The third-order valence-electron chi connectivity index (χ3n) is 6.95. The van der Waals surface area contributed by atoms with E-state index in [-0.39, 0.29) is 22.6 Å². The summed E-state index contributed by atoms with van der Waals surface area (Å²) in [5, 5.41) is 13.0. The number of thioether (sulfide) groups is 1. The van der Waals surface area contributed by atoms with Crippen molar-refractivity contribution in [3.05, 3.63) is 100 Å². The first-order valence-corrected chi connectivity index (χ1v) is 13.0. The van der Waals surface area contributed by atoms with Crippen LogP contribution in [0.15, 0.2) is 88.8 Å². The first kappa shape index (κ1) is 22.5. The van der Waals surface area contributed by atoms with E-state index in [0.717, 1.165) is 29.6 Å². The molecule has 8 heteroatoms. The van der Waals surface area contributed by atoms with E-state index >= 15 is 0 Å². The molecule has 1 N–H and O–H groups in total. The molecule has 0 unspecified atom stereocenters. The largest absolute Gasteiger partial charge is 0.354 e. The van der Waals surface area contributed by atoms with Crippen molar-refractivity contribution >= 4 is 34.3 Å². The van der Waals surface area contributed by atoms with E-state index in [1.54, 1.807) is 4.57 Å². The quantitative estimate of drug-likeness (QED) is 0.341. The van der Waals surface area contributed by atoms with Crippen LogP contribution in [0.1, 0.15) is 24.0 Å². The van der Waals surface area contributed by atoms with E-state index in [4.69, 9.17) is 0 Å². The monoisotopic (exact) mass is 495 g/mol. The Morgan fingerprint density at radius 1 is 0.972 bits per heavy atom. The van der Waals surface area contributed by atoms with E-state index < -0.39 is 0 Å². The lowest BCUT2D eigenvalue weighted by Crippen LogP contribution is -2.33. The first-order chi connectivity index (χ1) is 17.6. The predicted octanol–water partition coefficient (Wildman–Crippen LogP) is 4.28. The van der Waals surface area contributed by atoms with Gasteiger partial charge in [-0.3, -0.25) is 14.0 Å². The van der Waals surface area contributed by atoms with Crippen molar-refractivity contribution < 1.29 is 4.79 Å². The summed E-state index contributed by atoms with van der Waals surface area (Å²) in [6.45, 7) is 2.60. The lowest BCUT2D eigenvalue weighted by molar-refractivity contribution is -0.118. The number of nitrogens with one attached hydrogen (secondary N) is 1. The molecule has 2 aromatic heterocycles. The number of carbonyl (C=O) groups is 1. The number of benzene rings is 3. The summed E-state index contributed by atoms with van der Waals surface area (Å²) >= 11 is 1.32. The van der Waals surface area contributed by atoms with Crippen LogP contribution in [-0.2, 0) is 10.2 Å². The van der Waals surface area contributed by atoms with Crippen LogP contribution in [0.4, 0.5) is 0 Å². The molecule has 1 saturated carbocycles. The topological polar surface area (TPSA) is 81.3 Å². The molecule has 1 aliphatic rings. The van der Waals surface area contributed by atoms with Gasteiger partial charge in [-0.2, -0.15) is 0 Å². The number of para-hydroxylation sites is 2. The lowest BCUT2D eigenvalue weighted by Gasteiger charge is -2.16. The minimum atomic E-state index is -0.148. The lowest BCUT2D eigenvalue weighted by atomic mass is 9.96. The molecule has 0 spiro atoms. The maximum absolute atomic E-state index is 13.5. The molecule has 1 fully saturated rings. The van der Waals surface area contributed by atoms with Gasteiger partial charge in [0, 0.05) is 12.0 Å². The van der Waals surface area contributed by atoms with Gasteiger partial charge in [0.2, 0.25) is 11.7 Å². The molecule has 36 heavy (non-hydrogen) atoms. The summed E-state index contributed by atoms with van der Waals surface area (Å²) in [5.74, 6) is 0.594. The average Bonchev–Trinajstić information content (AvgIpc) is 3.60. The highest BCUT2D eigenvalue weighted by molar-refractivity contribution is 7.99. The van der Waals surface area contributed by atoms with Gasteiger partial charge in [0.15, 0.2) is 5.16 Å². The molecule has 0 saturated heterocycles. The van der Waals surface area contributed by atoms with Gasteiger partial charge in [-0.15, -0.1) is 10.2 Å². The fourth-order valence-electron chi connectivity index (χ4n) is 4.76. The van der Waals surface area contributed by atoms with Gasteiger partial charge in [0.1, 0.15) is 0 Å². The Hall–Kier alpha value is -3.91. The van der Waals surface area contributed by atoms with Crippen molar-refractivity contribution in [2.45, 2.75) is 30.3 Å². The smallest absolute Gasteiger partial charge is 0.267 e. The summed E-state index contributed by atoms with van der Waals surface area (Å²) in [4.78, 5) is 26.3. The molecule has 5 aromatic rings. The Balaban J connectivity index is 1.29. The van der Waals surface area contributed by atoms with E-state index in [0.29, 0.717) is 22.9 Å². The summed E-state index contributed by atoms with van der Waals surface area (Å²) in [7, 11) is 0. The molecular weight excluding hydrogens is 470 g/mol. The van der Waals surface area contributed by atoms with Crippen LogP contribution >= 0.6 is 11.8 Å². The highest BCUT2D eigenvalue weighted by Crippen LogP contribution is 2.47. The molecule has 1 amide bonds. The van der Waals surface area contributed by atoms with Crippen LogP contribution < -0.4 is 10.9 Å². The SMILES string of the molecule is Cc1ccccc1-n1c(=O)c2ccccc2n2c(SCC(=O)NCC3(c4ccccc4)CC3)nnc12. The predicted molar refractivity (Wildman–Crippen MR) is 142 cm³/mol.